The highest BCUT2D eigenvalue weighted by molar-refractivity contribution is 7.91. The van der Waals surface area contributed by atoms with Crippen molar-refractivity contribution in [2.24, 2.45) is 0 Å². The van der Waals surface area contributed by atoms with Gasteiger partial charge in [0.25, 0.3) is 0 Å². The summed E-state index contributed by atoms with van der Waals surface area (Å²) in [6, 6.07) is 17.5. The summed E-state index contributed by atoms with van der Waals surface area (Å²) in [5.74, 6) is 0. The Morgan fingerprint density at radius 2 is 1.57 bits per heavy atom. The Morgan fingerprint density at radius 3 is 2.20 bits per heavy atom. The van der Waals surface area contributed by atoms with Crippen molar-refractivity contribution in [3.63, 3.8) is 0 Å². The lowest BCUT2D eigenvalue weighted by atomic mass is 10.3. The third-order valence-corrected chi connectivity index (χ3v) is 7.72. The van der Waals surface area contributed by atoms with Crippen LogP contribution in [0.3, 0.4) is 0 Å². The van der Waals surface area contributed by atoms with E-state index in [0.717, 1.165) is 5.69 Å². The summed E-state index contributed by atoms with van der Waals surface area (Å²) >= 11 is 0. The molecule has 0 aliphatic rings. The van der Waals surface area contributed by atoms with E-state index in [0.29, 0.717) is 12.1 Å². The number of sulfonamides is 1. The first-order valence-electron chi connectivity index (χ1n) is 9.23. The molecular formula is C21H23N3O4S2. The van der Waals surface area contributed by atoms with E-state index in [9.17, 15) is 16.8 Å². The van der Waals surface area contributed by atoms with Gasteiger partial charge in [0, 0.05) is 39.0 Å². The zero-order chi connectivity index (χ0) is 21.8. The topological polar surface area (TPSA) is 96.4 Å². The van der Waals surface area contributed by atoms with Crippen molar-refractivity contribution in [1.82, 2.24) is 9.71 Å². The van der Waals surface area contributed by atoms with Gasteiger partial charge in [-0.1, -0.05) is 24.3 Å². The van der Waals surface area contributed by atoms with Gasteiger partial charge in [-0.3, -0.25) is 4.98 Å². The van der Waals surface area contributed by atoms with E-state index >= 15 is 0 Å². The molecule has 0 unspecified atom stereocenters. The predicted molar refractivity (Wildman–Crippen MR) is 116 cm³/mol. The van der Waals surface area contributed by atoms with Crippen molar-refractivity contribution in [2.75, 3.05) is 25.5 Å². The minimum absolute atomic E-state index is 0.0793. The van der Waals surface area contributed by atoms with E-state index in [1.165, 1.54) is 30.3 Å². The van der Waals surface area contributed by atoms with Gasteiger partial charge in [-0.2, -0.15) is 0 Å². The van der Waals surface area contributed by atoms with Crippen LogP contribution >= 0.6 is 0 Å². The number of pyridine rings is 1. The molecule has 0 radical (unpaired) electrons. The molecule has 30 heavy (non-hydrogen) atoms. The SMILES string of the molecule is CN(C)c1ccc(S(=O)(=O)c2ccccc2)cc1S(=O)(=O)NCCc1ccccn1. The minimum Gasteiger partial charge on any atom is -0.377 e. The van der Waals surface area contributed by atoms with Gasteiger partial charge in [-0.15, -0.1) is 0 Å². The molecule has 0 saturated carbocycles. The van der Waals surface area contributed by atoms with Gasteiger partial charge >= 0.3 is 0 Å². The monoisotopic (exact) mass is 445 g/mol. The van der Waals surface area contributed by atoms with Gasteiger partial charge in [0.05, 0.1) is 15.5 Å². The number of sulfone groups is 1. The maximum absolute atomic E-state index is 13.0. The second-order valence-electron chi connectivity index (χ2n) is 6.81. The van der Waals surface area contributed by atoms with Crippen LogP contribution in [0.5, 0.6) is 0 Å². The van der Waals surface area contributed by atoms with Gasteiger partial charge in [0.1, 0.15) is 4.90 Å². The first kappa shape index (κ1) is 21.9. The summed E-state index contributed by atoms with van der Waals surface area (Å²) in [5.41, 5.74) is 1.15. The van der Waals surface area contributed by atoms with Gasteiger partial charge in [-0.25, -0.2) is 21.6 Å². The molecule has 7 nitrogen and oxygen atoms in total. The van der Waals surface area contributed by atoms with Crippen LogP contribution in [0, 0.1) is 0 Å². The lowest BCUT2D eigenvalue weighted by molar-refractivity contribution is 0.581. The zero-order valence-electron chi connectivity index (χ0n) is 16.7. The van der Waals surface area contributed by atoms with Crippen molar-refractivity contribution < 1.29 is 16.8 Å². The highest BCUT2D eigenvalue weighted by Gasteiger charge is 2.25. The molecule has 0 amide bonds. The number of rotatable bonds is 8. The predicted octanol–water partition coefficient (Wildman–Crippen LogP) is 2.50. The van der Waals surface area contributed by atoms with Crippen LogP contribution in [-0.4, -0.2) is 42.5 Å². The second-order valence-corrected chi connectivity index (χ2v) is 10.5. The number of hydrogen-bond donors (Lipinski definition) is 1. The van der Waals surface area contributed by atoms with Crippen LogP contribution in [0.4, 0.5) is 5.69 Å². The lowest BCUT2D eigenvalue weighted by Gasteiger charge is -2.19. The van der Waals surface area contributed by atoms with Crippen LogP contribution in [0.2, 0.25) is 0 Å². The summed E-state index contributed by atoms with van der Waals surface area (Å²) in [6.45, 7) is 0.141. The Hall–Kier alpha value is -2.75. The minimum atomic E-state index is -3.95. The highest BCUT2D eigenvalue weighted by Crippen LogP contribution is 2.29. The van der Waals surface area contributed by atoms with Gasteiger partial charge < -0.3 is 4.90 Å². The van der Waals surface area contributed by atoms with Crippen LogP contribution in [0.15, 0.2) is 87.6 Å². The summed E-state index contributed by atoms with van der Waals surface area (Å²) in [5, 5.41) is 0. The smallest absolute Gasteiger partial charge is 0.242 e. The Morgan fingerprint density at radius 1 is 0.867 bits per heavy atom. The second kappa shape index (κ2) is 8.95. The molecule has 0 fully saturated rings. The molecule has 0 bridgehead atoms. The van der Waals surface area contributed by atoms with E-state index < -0.39 is 19.9 Å². The van der Waals surface area contributed by atoms with Crippen molar-refractivity contribution in [2.45, 2.75) is 21.1 Å². The Balaban J connectivity index is 1.94. The molecule has 1 N–H and O–H groups in total. The maximum Gasteiger partial charge on any atom is 0.242 e. The molecule has 3 aromatic rings. The van der Waals surface area contributed by atoms with E-state index in [2.05, 4.69) is 9.71 Å². The molecule has 0 atom stereocenters. The fourth-order valence-corrected chi connectivity index (χ4v) is 5.64. The van der Waals surface area contributed by atoms with Crippen molar-refractivity contribution in [3.05, 3.63) is 78.6 Å². The fourth-order valence-electron chi connectivity index (χ4n) is 2.92. The van der Waals surface area contributed by atoms with Crippen molar-refractivity contribution in [3.8, 4) is 0 Å². The molecule has 9 heteroatoms. The molecular weight excluding hydrogens is 422 g/mol. The number of aromatic nitrogens is 1. The Kier molecular flexibility index (Phi) is 6.55. The van der Waals surface area contributed by atoms with Crippen LogP contribution in [-0.2, 0) is 26.3 Å². The number of anilines is 1. The standard InChI is InChI=1S/C21H23N3O4S2/c1-24(2)20-12-11-19(29(25,26)18-9-4-3-5-10-18)16-21(20)30(27,28)23-15-13-17-8-6-7-14-22-17/h3-12,14,16,23H,13,15H2,1-2H3. The molecule has 3 rings (SSSR count). The number of nitrogens with zero attached hydrogens (tertiary/aromatic N) is 2. The quantitative estimate of drug-likeness (QED) is 0.572. The normalized spacial score (nSPS) is 11.9. The van der Waals surface area contributed by atoms with E-state index in [-0.39, 0.29) is 21.2 Å². The average Bonchev–Trinajstić information content (AvgIpc) is 2.74. The molecule has 0 saturated heterocycles. The maximum atomic E-state index is 13.0. The lowest BCUT2D eigenvalue weighted by Crippen LogP contribution is -2.28. The van der Waals surface area contributed by atoms with Crippen molar-refractivity contribution in [1.29, 1.82) is 0 Å². The summed E-state index contributed by atoms with van der Waals surface area (Å²) in [7, 11) is -4.40. The molecule has 0 aliphatic heterocycles. The molecule has 2 aromatic carbocycles. The molecule has 0 spiro atoms. The zero-order valence-corrected chi connectivity index (χ0v) is 18.3. The highest BCUT2D eigenvalue weighted by atomic mass is 32.2. The molecule has 1 heterocycles. The third-order valence-electron chi connectivity index (χ3n) is 4.47. The number of benzene rings is 2. The molecule has 158 valence electrons. The number of nitrogens with one attached hydrogen (secondary N) is 1. The largest absolute Gasteiger partial charge is 0.377 e. The van der Waals surface area contributed by atoms with Crippen molar-refractivity contribution >= 4 is 25.5 Å². The van der Waals surface area contributed by atoms with Crippen LogP contribution < -0.4 is 9.62 Å². The Labute approximate surface area is 177 Å². The van der Waals surface area contributed by atoms with E-state index in [1.54, 1.807) is 49.5 Å². The first-order valence-corrected chi connectivity index (χ1v) is 12.2. The number of hydrogen-bond acceptors (Lipinski definition) is 6. The molecule has 0 aliphatic carbocycles. The molecule has 1 aromatic heterocycles. The van der Waals surface area contributed by atoms with E-state index in [1.807, 2.05) is 12.1 Å². The van der Waals surface area contributed by atoms with Crippen LogP contribution in [0.25, 0.3) is 0 Å². The third kappa shape index (κ3) is 4.86. The summed E-state index contributed by atoms with van der Waals surface area (Å²) in [6.07, 6.45) is 2.06. The summed E-state index contributed by atoms with van der Waals surface area (Å²) in [4.78, 5) is 5.74. The van der Waals surface area contributed by atoms with Crippen LogP contribution in [0.1, 0.15) is 5.69 Å². The fraction of sp³-hybridized carbons (Fsp3) is 0.190. The summed E-state index contributed by atoms with van der Waals surface area (Å²) < 4.78 is 54.5. The van der Waals surface area contributed by atoms with Gasteiger partial charge in [-0.05, 0) is 42.5 Å². The van der Waals surface area contributed by atoms with E-state index in [4.69, 9.17) is 0 Å². The Bertz CT molecular complexity index is 1210. The van der Waals surface area contributed by atoms with Gasteiger partial charge in [0.15, 0.2) is 0 Å². The first-order chi connectivity index (χ1) is 14.2. The van der Waals surface area contributed by atoms with Gasteiger partial charge in [0.2, 0.25) is 19.9 Å². The average molecular weight is 446 g/mol.